The maximum atomic E-state index is 15.2. The third-order valence-electron chi connectivity index (χ3n) is 14.7. The molecule has 4 aliphatic carbocycles. The van der Waals surface area contributed by atoms with Gasteiger partial charge in [-0.25, -0.2) is 0 Å². The van der Waals surface area contributed by atoms with Gasteiger partial charge in [0.25, 0.3) is 5.91 Å². The number of nitrogens with zero attached hydrogens (tertiary/aromatic N) is 1. The molecule has 1 heterocycles. The van der Waals surface area contributed by atoms with Crippen LogP contribution in [0.5, 0.6) is 5.75 Å². The summed E-state index contributed by atoms with van der Waals surface area (Å²) in [7, 11) is 1.59. The van der Waals surface area contributed by atoms with Gasteiger partial charge in [-0.2, -0.15) is 0 Å². The number of rotatable bonds is 8. The number of hydrogen-bond donors (Lipinski definition) is 2. The molecule has 0 radical (unpaired) electrons. The van der Waals surface area contributed by atoms with Gasteiger partial charge < -0.3 is 24.6 Å². The number of esters is 1. The van der Waals surface area contributed by atoms with E-state index >= 15 is 4.79 Å². The number of amides is 1. The zero-order chi connectivity index (χ0) is 39.4. The second-order valence-corrected chi connectivity index (χ2v) is 17.8. The molecule has 0 aromatic heterocycles. The molecule has 8 nitrogen and oxygen atoms in total. The smallest absolute Gasteiger partial charge is 0.313 e. The van der Waals surface area contributed by atoms with Crippen molar-refractivity contribution in [2.75, 3.05) is 13.7 Å². The summed E-state index contributed by atoms with van der Waals surface area (Å²) in [6, 6.07) is 22.9. The monoisotopic (exact) mass is 747 g/mol. The molecule has 8 heteroatoms. The number of hydrogen-bond acceptors (Lipinski definition) is 7. The topological polar surface area (TPSA) is 113 Å². The first-order valence-corrected chi connectivity index (χ1v) is 20.0. The Morgan fingerprint density at radius 2 is 1.65 bits per heavy atom. The molecule has 3 aromatic rings. The molecule has 1 saturated heterocycles. The summed E-state index contributed by atoms with van der Waals surface area (Å²) in [5.74, 6) is -0.267. The van der Waals surface area contributed by atoms with Gasteiger partial charge in [0.1, 0.15) is 5.75 Å². The number of ketones is 1. The first-order valence-electron chi connectivity index (χ1n) is 20.0. The molecule has 2 saturated carbocycles. The number of allylic oxidation sites excluding steroid dienone is 2. The molecule has 55 heavy (non-hydrogen) atoms. The van der Waals surface area contributed by atoms with Gasteiger partial charge in [0.05, 0.1) is 30.8 Å². The lowest BCUT2D eigenvalue weighted by Gasteiger charge is -2.47. The number of fused-ring (bicyclic) bond motifs is 10. The second-order valence-electron chi connectivity index (χ2n) is 17.8. The lowest BCUT2D eigenvalue weighted by atomic mass is 9.64. The summed E-state index contributed by atoms with van der Waals surface area (Å²) >= 11 is 0. The van der Waals surface area contributed by atoms with E-state index in [9.17, 15) is 19.8 Å². The van der Waals surface area contributed by atoms with Crippen molar-refractivity contribution in [1.29, 1.82) is 0 Å². The van der Waals surface area contributed by atoms with E-state index in [2.05, 4.69) is 19.9 Å². The third kappa shape index (κ3) is 6.43. The van der Waals surface area contributed by atoms with Crippen LogP contribution in [0.1, 0.15) is 125 Å². The predicted octanol–water partition coefficient (Wildman–Crippen LogP) is 8.12. The standard InChI is InChI=1S/C47H57NO7/c1-31-11-10-23-44(4)39(37-21-15-33(27-35(49)18-14-31)28-38(37)40(50)34-16-19-36(54-6)20-17-34)22-24-46(44,53)30-48(29-32-12-8-7-9-13-32)41(51)47-26-25-45(5,42(52)55-47)43(47,2)3/h7-9,11-13,15-17,19-21,28,35,39,49,53H,10,14,18,22-27,29-30H2,1-6H3. The molecule has 1 aliphatic heterocycles. The predicted molar refractivity (Wildman–Crippen MR) is 212 cm³/mol. The number of benzene rings is 3. The molecule has 8 rings (SSSR count). The van der Waals surface area contributed by atoms with Crippen LogP contribution in [0.3, 0.4) is 0 Å². The molecule has 292 valence electrons. The molecular formula is C47H57NO7. The lowest BCUT2D eigenvalue weighted by molar-refractivity contribution is -0.178. The molecule has 6 unspecified atom stereocenters. The van der Waals surface area contributed by atoms with Gasteiger partial charge >= 0.3 is 5.97 Å². The Morgan fingerprint density at radius 1 is 0.927 bits per heavy atom. The largest absolute Gasteiger partial charge is 0.497 e. The average Bonchev–Trinajstić information content (AvgIpc) is 3.60. The van der Waals surface area contributed by atoms with Crippen LogP contribution in [-0.4, -0.2) is 63.7 Å². The summed E-state index contributed by atoms with van der Waals surface area (Å²) in [5.41, 5.74) is 0.0223. The van der Waals surface area contributed by atoms with E-state index in [-0.39, 0.29) is 36.7 Å². The van der Waals surface area contributed by atoms with Gasteiger partial charge in [-0.05, 0) is 125 Å². The molecule has 4 bridgehead atoms. The van der Waals surface area contributed by atoms with Crippen molar-refractivity contribution in [2.45, 2.75) is 122 Å². The van der Waals surface area contributed by atoms with Gasteiger partial charge in [-0.1, -0.05) is 74.9 Å². The number of aliphatic hydroxyl groups is 2. The van der Waals surface area contributed by atoms with Crippen molar-refractivity contribution in [3.05, 3.63) is 112 Å². The van der Waals surface area contributed by atoms with Crippen LogP contribution in [0.4, 0.5) is 0 Å². The van der Waals surface area contributed by atoms with Crippen molar-refractivity contribution in [3.63, 3.8) is 0 Å². The van der Waals surface area contributed by atoms with Crippen LogP contribution >= 0.6 is 0 Å². The highest BCUT2D eigenvalue weighted by molar-refractivity contribution is 6.10. The summed E-state index contributed by atoms with van der Waals surface area (Å²) in [6.45, 7) is 10.4. The maximum absolute atomic E-state index is 15.2. The summed E-state index contributed by atoms with van der Waals surface area (Å²) in [6.07, 6.45) is 6.79. The van der Waals surface area contributed by atoms with Crippen LogP contribution in [-0.2, 0) is 27.3 Å². The van der Waals surface area contributed by atoms with Crippen LogP contribution in [0, 0.1) is 16.2 Å². The number of carbonyl (C=O) groups excluding carboxylic acids is 3. The van der Waals surface area contributed by atoms with E-state index in [0.717, 1.165) is 23.1 Å². The third-order valence-corrected chi connectivity index (χ3v) is 14.7. The van der Waals surface area contributed by atoms with Crippen LogP contribution < -0.4 is 4.74 Å². The molecule has 6 atom stereocenters. The Balaban J connectivity index is 1.32. The Hall–Kier alpha value is -4.27. The number of methoxy groups -OCH3 is 1. The van der Waals surface area contributed by atoms with Crippen molar-refractivity contribution in [2.24, 2.45) is 16.2 Å². The minimum absolute atomic E-state index is 0.0502. The van der Waals surface area contributed by atoms with Crippen molar-refractivity contribution >= 4 is 17.7 Å². The highest BCUT2D eigenvalue weighted by atomic mass is 16.6. The van der Waals surface area contributed by atoms with Crippen LogP contribution in [0.15, 0.2) is 84.4 Å². The van der Waals surface area contributed by atoms with Crippen molar-refractivity contribution in [3.8, 4) is 5.75 Å². The van der Waals surface area contributed by atoms with Crippen LogP contribution in [0.25, 0.3) is 0 Å². The van der Waals surface area contributed by atoms with E-state index < -0.39 is 33.6 Å². The Kier molecular flexibility index (Phi) is 10.2. The Labute approximate surface area is 325 Å². The highest BCUT2D eigenvalue weighted by Gasteiger charge is 2.76. The normalized spacial score (nSPS) is 31.3. The minimum Gasteiger partial charge on any atom is -0.497 e. The SMILES string of the molecule is COc1ccc(C(=O)c2cc3ccc2C2CCC(O)(CN(Cc4ccccc4)C(=O)C45CCC(C)(C(=O)O4)C5(C)C)C2(C)CCC=C(C)CCC(O)C3)cc1. The molecule has 0 spiro atoms. The fourth-order valence-corrected chi connectivity index (χ4v) is 10.4. The summed E-state index contributed by atoms with van der Waals surface area (Å²) in [5, 5.41) is 24.3. The highest BCUT2D eigenvalue weighted by Crippen LogP contribution is 2.66. The van der Waals surface area contributed by atoms with E-state index in [0.29, 0.717) is 68.2 Å². The lowest BCUT2D eigenvalue weighted by Crippen LogP contribution is -2.60. The average molecular weight is 748 g/mol. The van der Waals surface area contributed by atoms with Gasteiger partial charge in [-0.15, -0.1) is 0 Å². The minimum atomic E-state index is -1.35. The quantitative estimate of drug-likeness (QED) is 0.136. The molecular weight excluding hydrogens is 691 g/mol. The van der Waals surface area contributed by atoms with E-state index in [1.54, 1.807) is 36.3 Å². The summed E-state index contributed by atoms with van der Waals surface area (Å²) < 4.78 is 11.5. The molecule has 3 fully saturated rings. The Bertz CT molecular complexity index is 1990. The van der Waals surface area contributed by atoms with Gasteiger partial charge in [-0.3, -0.25) is 14.4 Å². The van der Waals surface area contributed by atoms with E-state index in [4.69, 9.17) is 9.47 Å². The molecule has 1 amide bonds. The van der Waals surface area contributed by atoms with Crippen LogP contribution in [0.2, 0.25) is 0 Å². The first kappa shape index (κ1) is 39.0. The van der Waals surface area contributed by atoms with E-state index in [1.165, 1.54) is 5.57 Å². The van der Waals surface area contributed by atoms with E-state index in [1.807, 2.05) is 69.3 Å². The zero-order valence-corrected chi connectivity index (χ0v) is 33.3. The second kappa shape index (κ2) is 14.3. The van der Waals surface area contributed by atoms with Gasteiger partial charge in [0.15, 0.2) is 11.4 Å². The number of ether oxygens (including phenoxy) is 2. The van der Waals surface area contributed by atoms with Crippen molar-refractivity contribution < 1.29 is 34.1 Å². The summed E-state index contributed by atoms with van der Waals surface area (Å²) in [4.78, 5) is 44.8. The fraction of sp³-hybridized carbons (Fsp3) is 0.511. The Morgan fingerprint density at radius 3 is 2.31 bits per heavy atom. The maximum Gasteiger partial charge on any atom is 0.313 e. The van der Waals surface area contributed by atoms with Gasteiger partial charge in [0.2, 0.25) is 0 Å². The zero-order valence-electron chi connectivity index (χ0n) is 33.3. The number of aliphatic hydroxyl groups excluding tert-OH is 1. The molecule has 3 aromatic carbocycles. The molecule has 2 N–H and O–H groups in total. The molecule has 5 aliphatic rings. The van der Waals surface area contributed by atoms with Crippen molar-refractivity contribution in [1.82, 2.24) is 4.90 Å². The van der Waals surface area contributed by atoms with Gasteiger partial charge in [0, 0.05) is 28.5 Å². The fourth-order valence-electron chi connectivity index (χ4n) is 10.4. The number of carbonyl (C=O) groups is 3. The first-order chi connectivity index (χ1) is 26.1.